The Balaban J connectivity index is 1.98. The van der Waals surface area contributed by atoms with Gasteiger partial charge in [0.1, 0.15) is 17.3 Å². The van der Waals surface area contributed by atoms with E-state index in [1.54, 1.807) is 36.1 Å². The Kier molecular flexibility index (Phi) is 6.14. The number of thiazole rings is 1. The average molecular weight is 417 g/mol. The number of hydrogen-bond acceptors (Lipinski definition) is 6. The zero-order chi connectivity index (χ0) is 21.0. The second-order valence-corrected chi connectivity index (χ2v) is 7.11. The van der Waals surface area contributed by atoms with Crippen LogP contribution in [0, 0.1) is 24.1 Å². The molecule has 0 aliphatic carbocycles. The van der Waals surface area contributed by atoms with Crippen LogP contribution < -0.4 is 9.64 Å². The quantitative estimate of drug-likeness (QED) is 0.494. The number of alkyl halides is 2. The van der Waals surface area contributed by atoms with Gasteiger partial charge in [-0.1, -0.05) is 6.07 Å². The molecule has 0 saturated heterocycles. The number of carbonyl (C=O) groups is 1. The Morgan fingerprint density at radius 3 is 2.55 bits per heavy atom. The standard InChI is InChI=1S/C20H14F3N3O2S/c1-12-18(11-27)25-20(29-12)26(15-5-2-13(9-24)3-6-15)10-14-4-7-16(8-17(14)21)28-19(22)23/h2-8,11,19H,10H2,1H3. The summed E-state index contributed by atoms with van der Waals surface area (Å²) in [4.78, 5) is 17.9. The molecule has 0 aliphatic heterocycles. The summed E-state index contributed by atoms with van der Waals surface area (Å²) in [6, 6.07) is 12.1. The maximum absolute atomic E-state index is 14.5. The van der Waals surface area contributed by atoms with E-state index in [1.807, 2.05) is 6.07 Å². The van der Waals surface area contributed by atoms with Gasteiger partial charge in [-0.25, -0.2) is 9.37 Å². The number of benzene rings is 2. The summed E-state index contributed by atoms with van der Waals surface area (Å²) >= 11 is 1.26. The summed E-state index contributed by atoms with van der Waals surface area (Å²) in [5, 5.41) is 9.45. The van der Waals surface area contributed by atoms with Crippen LogP contribution in [0.3, 0.4) is 0 Å². The smallest absolute Gasteiger partial charge is 0.387 e. The summed E-state index contributed by atoms with van der Waals surface area (Å²) < 4.78 is 43.4. The number of ether oxygens (including phenoxy) is 1. The van der Waals surface area contributed by atoms with E-state index in [-0.39, 0.29) is 23.6 Å². The van der Waals surface area contributed by atoms with Crippen LogP contribution in [-0.4, -0.2) is 17.9 Å². The molecule has 0 bridgehead atoms. The van der Waals surface area contributed by atoms with Crippen molar-refractivity contribution in [3.05, 3.63) is 70.0 Å². The summed E-state index contributed by atoms with van der Waals surface area (Å²) in [6.45, 7) is -1.27. The third kappa shape index (κ3) is 4.73. The summed E-state index contributed by atoms with van der Waals surface area (Å²) in [7, 11) is 0. The van der Waals surface area contributed by atoms with Crippen LogP contribution in [0.15, 0.2) is 42.5 Å². The number of hydrogen-bond donors (Lipinski definition) is 0. The summed E-state index contributed by atoms with van der Waals surface area (Å²) in [5.41, 5.74) is 1.58. The molecule has 3 aromatic rings. The van der Waals surface area contributed by atoms with E-state index in [1.165, 1.54) is 23.5 Å². The fourth-order valence-corrected chi connectivity index (χ4v) is 3.50. The molecule has 1 heterocycles. The molecule has 148 valence electrons. The maximum atomic E-state index is 14.5. The molecular weight excluding hydrogens is 403 g/mol. The normalized spacial score (nSPS) is 10.6. The second-order valence-electron chi connectivity index (χ2n) is 5.93. The highest BCUT2D eigenvalue weighted by Crippen LogP contribution is 2.33. The third-order valence-corrected chi connectivity index (χ3v) is 5.06. The summed E-state index contributed by atoms with van der Waals surface area (Å²) in [6.07, 6.45) is 0.642. The van der Waals surface area contributed by atoms with E-state index in [9.17, 15) is 18.0 Å². The number of nitriles is 1. The molecule has 0 saturated carbocycles. The van der Waals surface area contributed by atoms with E-state index in [2.05, 4.69) is 9.72 Å². The first-order valence-corrected chi connectivity index (χ1v) is 9.16. The predicted molar refractivity (Wildman–Crippen MR) is 102 cm³/mol. The van der Waals surface area contributed by atoms with Gasteiger partial charge in [-0.3, -0.25) is 4.79 Å². The van der Waals surface area contributed by atoms with Crippen LogP contribution in [0.2, 0.25) is 0 Å². The van der Waals surface area contributed by atoms with Gasteiger partial charge in [-0.15, -0.1) is 11.3 Å². The first-order chi connectivity index (χ1) is 13.9. The van der Waals surface area contributed by atoms with Crippen LogP contribution in [0.1, 0.15) is 26.5 Å². The van der Waals surface area contributed by atoms with Crippen LogP contribution in [0.4, 0.5) is 24.0 Å². The van der Waals surface area contributed by atoms with Crippen LogP contribution in [-0.2, 0) is 6.54 Å². The van der Waals surface area contributed by atoms with Gasteiger partial charge in [0, 0.05) is 22.2 Å². The van der Waals surface area contributed by atoms with E-state index >= 15 is 0 Å². The Morgan fingerprint density at radius 2 is 2.00 bits per heavy atom. The molecule has 29 heavy (non-hydrogen) atoms. The minimum Gasteiger partial charge on any atom is -0.435 e. The fourth-order valence-electron chi connectivity index (χ4n) is 2.61. The zero-order valence-corrected chi connectivity index (χ0v) is 15.9. The number of aryl methyl sites for hydroxylation is 1. The van der Waals surface area contributed by atoms with E-state index < -0.39 is 12.4 Å². The lowest BCUT2D eigenvalue weighted by Gasteiger charge is -2.22. The van der Waals surface area contributed by atoms with Crippen LogP contribution in [0.25, 0.3) is 0 Å². The fraction of sp³-hybridized carbons (Fsp3) is 0.150. The Labute approximate surface area is 168 Å². The lowest BCUT2D eigenvalue weighted by molar-refractivity contribution is -0.0500. The van der Waals surface area contributed by atoms with Crippen LogP contribution >= 0.6 is 11.3 Å². The summed E-state index contributed by atoms with van der Waals surface area (Å²) in [5.74, 6) is -0.995. The van der Waals surface area contributed by atoms with Gasteiger partial charge < -0.3 is 9.64 Å². The Hall–Kier alpha value is -3.38. The number of halogens is 3. The number of aldehydes is 1. The van der Waals surface area contributed by atoms with E-state index in [4.69, 9.17) is 5.26 Å². The monoisotopic (exact) mass is 417 g/mol. The minimum atomic E-state index is -3.05. The van der Waals surface area contributed by atoms with Gasteiger partial charge >= 0.3 is 6.61 Å². The van der Waals surface area contributed by atoms with E-state index in [0.717, 1.165) is 6.07 Å². The molecule has 3 rings (SSSR count). The van der Waals surface area contributed by atoms with Crippen molar-refractivity contribution in [3.63, 3.8) is 0 Å². The molecule has 0 N–H and O–H groups in total. The minimum absolute atomic E-state index is 0.0257. The number of rotatable bonds is 7. The SMILES string of the molecule is Cc1sc(N(Cc2ccc(OC(F)F)cc2F)c2ccc(C#N)cc2)nc1C=O. The number of anilines is 2. The highest BCUT2D eigenvalue weighted by Gasteiger charge is 2.19. The Bertz CT molecular complexity index is 1060. The van der Waals surface area contributed by atoms with Gasteiger partial charge in [-0.05, 0) is 37.3 Å². The Morgan fingerprint density at radius 1 is 1.28 bits per heavy atom. The predicted octanol–water partition coefficient (Wildman–Crippen LogP) is 5.21. The molecule has 0 unspecified atom stereocenters. The topological polar surface area (TPSA) is 66.2 Å². The second kappa shape index (κ2) is 8.75. The molecule has 2 aromatic carbocycles. The molecule has 0 spiro atoms. The highest BCUT2D eigenvalue weighted by molar-refractivity contribution is 7.15. The molecule has 0 radical (unpaired) electrons. The van der Waals surface area contributed by atoms with Crippen molar-refractivity contribution in [2.24, 2.45) is 0 Å². The first kappa shape index (κ1) is 20.4. The molecule has 0 aliphatic rings. The third-order valence-electron chi connectivity index (χ3n) is 4.05. The van der Waals surface area contributed by atoms with Crippen LogP contribution in [0.5, 0.6) is 5.75 Å². The van der Waals surface area contributed by atoms with Crippen molar-refractivity contribution in [1.29, 1.82) is 5.26 Å². The number of nitrogens with zero attached hydrogens (tertiary/aromatic N) is 3. The zero-order valence-electron chi connectivity index (χ0n) is 15.1. The van der Waals surface area contributed by atoms with Gasteiger partial charge in [-0.2, -0.15) is 14.0 Å². The molecule has 0 fully saturated rings. The lowest BCUT2D eigenvalue weighted by Crippen LogP contribution is -2.17. The van der Waals surface area contributed by atoms with Gasteiger partial charge in [0.25, 0.3) is 0 Å². The molecule has 9 heteroatoms. The molecule has 0 atom stereocenters. The molecule has 0 amide bonds. The van der Waals surface area contributed by atoms with Gasteiger partial charge in [0.2, 0.25) is 0 Å². The van der Waals surface area contributed by atoms with Gasteiger partial charge in [0.05, 0.1) is 18.2 Å². The lowest BCUT2D eigenvalue weighted by atomic mass is 10.1. The van der Waals surface area contributed by atoms with Crippen molar-refractivity contribution in [2.75, 3.05) is 4.90 Å². The average Bonchev–Trinajstić information content (AvgIpc) is 3.07. The largest absolute Gasteiger partial charge is 0.435 e. The first-order valence-electron chi connectivity index (χ1n) is 8.35. The van der Waals surface area contributed by atoms with Crippen molar-refractivity contribution in [2.45, 2.75) is 20.1 Å². The maximum Gasteiger partial charge on any atom is 0.387 e. The molecule has 5 nitrogen and oxygen atoms in total. The van der Waals surface area contributed by atoms with Crippen molar-refractivity contribution < 1.29 is 22.7 Å². The number of aromatic nitrogens is 1. The highest BCUT2D eigenvalue weighted by atomic mass is 32.1. The van der Waals surface area contributed by atoms with Crippen molar-refractivity contribution in [1.82, 2.24) is 4.98 Å². The van der Waals surface area contributed by atoms with Gasteiger partial charge in [0.15, 0.2) is 11.4 Å². The number of carbonyl (C=O) groups excluding carboxylic acids is 1. The van der Waals surface area contributed by atoms with Crippen molar-refractivity contribution in [3.8, 4) is 11.8 Å². The van der Waals surface area contributed by atoms with Crippen molar-refractivity contribution >= 4 is 28.4 Å². The van der Waals surface area contributed by atoms with E-state index in [0.29, 0.717) is 27.5 Å². The molecular formula is C20H14F3N3O2S. The molecule has 1 aromatic heterocycles.